The van der Waals surface area contributed by atoms with E-state index in [0.29, 0.717) is 0 Å². The van der Waals surface area contributed by atoms with Gasteiger partial charge in [-0.2, -0.15) is 0 Å². The van der Waals surface area contributed by atoms with Crippen molar-refractivity contribution < 1.29 is 34.6 Å². The topological polar surface area (TPSA) is 93.4 Å². The van der Waals surface area contributed by atoms with Gasteiger partial charge in [0, 0.05) is 0 Å². The van der Waals surface area contributed by atoms with Crippen molar-refractivity contribution in [2.24, 2.45) is 0 Å². The summed E-state index contributed by atoms with van der Waals surface area (Å²) >= 11 is 0. The molecule has 0 spiro atoms. The van der Waals surface area contributed by atoms with Crippen LogP contribution in [-0.4, -0.2) is 15.8 Å². The second-order valence-corrected chi connectivity index (χ2v) is 0.238. The Kier molecular flexibility index (Phi) is 25.2. The minimum atomic E-state index is -1.50. The summed E-state index contributed by atoms with van der Waals surface area (Å²) in [6, 6.07) is 0. The molecule has 6 heteroatoms. The van der Waals surface area contributed by atoms with Gasteiger partial charge in [0.2, 0.25) is 0 Å². The average Bonchev–Trinajstić information content (AvgIpc) is 0.811. The van der Waals surface area contributed by atoms with E-state index in [1.54, 1.807) is 0 Å². The van der Waals surface area contributed by atoms with Gasteiger partial charge in [-0.15, -0.1) is 10.1 Å². The summed E-state index contributed by atoms with van der Waals surface area (Å²) in [5, 5.41) is 13.6. The summed E-state index contributed by atoms with van der Waals surface area (Å²) < 4.78 is 0. The molecule has 0 aliphatic heterocycles. The summed E-state index contributed by atoms with van der Waals surface area (Å²) in [6.07, 6.45) is 0. The van der Waals surface area contributed by atoms with Gasteiger partial charge in [-0.25, -0.2) is 0 Å². The fraction of sp³-hybridized carbons (Fsp3) is 0. The fourth-order valence-corrected chi connectivity index (χ4v) is 0. The van der Waals surface area contributed by atoms with Crippen molar-refractivity contribution in [2.75, 3.05) is 0 Å². The number of nitrogens with zero attached hydrogens (tertiary/aromatic N) is 1. The van der Waals surface area contributed by atoms with Crippen LogP contribution in [0, 0.1) is 10.1 Å². The molecule has 0 bridgehead atoms. The maximum Gasteiger partial charge on any atom is 1.00 e. The quantitative estimate of drug-likeness (QED) is 0.188. The summed E-state index contributed by atoms with van der Waals surface area (Å²) in [5.74, 6) is 0. The van der Waals surface area contributed by atoms with Gasteiger partial charge in [0.05, 0.1) is 0 Å². The van der Waals surface area contributed by atoms with E-state index < -0.39 is 5.09 Å². The Morgan fingerprint density at radius 1 is 1.67 bits per heavy atom. The van der Waals surface area contributed by atoms with Gasteiger partial charge in [0.1, 0.15) is 0 Å². The largest absolute Gasteiger partial charge is 1.00 e. The first-order valence-corrected chi connectivity index (χ1v) is 0.565. The van der Waals surface area contributed by atoms with Crippen molar-refractivity contribution in [3.63, 3.8) is 0 Å². The molecule has 0 heterocycles. The van der Waals surface area contributed by atoms with Gasteiger partial charge >= 0.3 is 18.9 Å². The first-order valence-electron chi connectivity index (χ1n) is 0.565. The molecule has 0 fully saturated rings. The minimum absolute atomic E-state index is 0. The third kappa shape index (κ3) is 485. The van der Waals surface area contributed by atoms with Gasteiger partial charge in [0.15, 0.2) is 0 Å². The SMILES string of the molecule is O=[N+]([O-])O.[Li+].[OH-]. The van der Waals surface area contributed by atoms with Crippen LogP contribution in [0.2, 0.25) is 0 Å². The van der Waals surface area contributed by atoms with Gasteiger partial charge in [0.25, 0.3) is 5.09 Å². The molecule has 0 unspecified atom stereocenters. The molecule has 5 nitrogen and oxygen atoms in total. The second-order valence-electron chi connectivity index (χ2n) is 0.238. The zero-order chi connectivity index (χ0) is 3.58. The van der Waals surface area contributed by atoms with Crippen LogP contribution in [0.3, 0.4) is 0 Å². The number of hydrogen-bond acceptors (Lipinski definition) is 3. The van der Waals surface area contributed by atoms with Crippen molar-refractivity contribution in [3.05, 3.63) is 10.1 Å². The van der Waals surface area contributed by atoms with Crippen LogP contribution < -0.4 is 18.9 Å². The van der Waals surface area contributed by atoms with Crippen LogP contribution in [0.1, 0.15) is 0 Å². The van der Waals surface area contributed by atoms with Crippen LogP contribution in [0.15, 0.2) is 0 Å². The van der Waals surface area contributed by atoms with Gasteiger partial charge < -0.3 is 10.7 Å². The summed E-state index contributed by atoms with van der Waals surface area (Å²) in [5.41, 5.74) is 0. The van der Waals surface area contributed by atoms with Gasteiger partial charge in [-0.3, -0.25) is 0 Å². The molecule has 2 N–H and O–H groups in total. The van der Waals surface area contributed by atoms with Crippen LogP contribution >= 0.6 is 0 Å². The number of hydrogen-bond donors (Lipinski definition) is 1. The van der Waals surface area contributed by atoms with Crippen molar-refractivity contribution in [3.8, 4) is 0 Å². The van der Waals surface area contributed by atoms with Crippen molar-refractivity contribution in [1.29, 1.82) is 0 Å². The first-order chi connectivity index (χ1) is 1.73. The Morgan fingerprint density at radius 3 is 1.67 bits per heavy atom. The van der Waals surface area contributed by atoms with E-state index >= 15 is 0 Å². The van der Waals surface area contributed by atoms with Crippen LogP contribution in [0.4, 0.5) is 0 Å². The van der Waals surface area contributed by atoms with Crippen molar-refractivity contribution in [2.45, 2.75) is 0 Å². The van der Waals surface area contributed by atoms with Crippen LogP contribution in [-0.2, 0) is 0 Å². The fourth-order valence-electron chi connectivity index (χ4n) is 0. The molecule has 6 heavy (non-hydrogen) atoms. The minimum Gasteiger partial charge on any atom is -0.870 e. The zero-order valence-electron chi connectivity index (χ0n) is 3.16. The third-order valence-electron chi connectivity index (χ3n) is 0. The molecule has 0 atom stereocenters. The predicted molar refractivity (Wildman–Crippen MR) is 10.7 cm³/mol. The molecule has 0 aromatic rings. The number of rotatable bonds is 0. The second kappa shape index (κ2) is 8.83. The molecule has 0 saturated carbocycles. The maximum absolute atomic E-state index is 8.36. The van der Waals surface area contributed by atoms with E-state index in [1.165, 1.54) is 0 Å². The molecular weight excluding hydrogens is 84.9 g/mol. The Labute approximate surface area is 45.6 Å². The molecule has 32 valence electrons. The van der Waals surface area contributed by atoms with E-state index in [1.807, 2.05) is 0 Å². The Morgan fingerprint density at radius 2 is 1.67 bits per heavy atom. The van der Waals surface area contributed by atoms with E-state index in [-0.39, 0.29) is 24.3 Å². The molecule has 0 radical (unpaired) electrons. The Hall–Kier alpha value is -0.243. The maximum atomic E-state index is 8.36. The van der Waals surface area contributed by atoms with E-state index in [4.69, 9.17) is 15.3 Å². The Bertz CT molecular complexity index is 30.5. The molecule has 0 aromatic carbocycles. The molecule has 0 saturated heterocycles. The molecule has 0 aromatic heterocycles. The first kappa shape index (κ1) is 17.1. The van der Waals surface area contributed by atoms with E-state index in [2.05, 4.69) is 0 Å². The van der Waals surface area contributed by atoms with Crippen LogP contribution in [0.5, 0.6) is 0 Å². The zero-order valence-corrected chi connectivity index (χ0v) is 3.16. The van der Waals surface area contributed by atoms with Crippen molar-refractivity contribution >= 4 is 0 Å². The van der Waals surface area contributed by atoms with E-state index in [9.17, 15) is 0 Å². The van der Waals surface area contributed by atoms with Gasteiger partial charge in [-0.1, -0.05) is 0 Å². The molecule has 0 aliphatic rings. The monoisotopic (exact) mass is 87.0 g/mol. The summed E-state index contributed by atoms with van der Waals surface area (Å²) in [6.45, 7) is 0. The van der Waals surface area contributed by atoms with E-state index in [0.717, 1.165) is 0 Å². The Balaban J connectivity index is -0.0000000450. The predicted octanol–water partition coefficient (Wildman–Crippen LogP) is -3.52. The standard InChI is InChI=1S/Li.HNO3.H2O/c;2-1(3)4;/h;(H,2,3,4);1H2/q+1;;/p-1. The van der Waals surface area contributed by atoms with Gasteiger partial charge in [-0.05, 0) is 0 Å². The van der Waals surface area contributed by atoms with Crippen molar-refractivity contribution in [1.82, 2.24) is 0 Å². The average molecular weight is 87.0 g/mol. The molecule has 0 amide bonds. The third-order valence-corrected chi connectivity index (χ3v) is 0. The molecular formula is H2LiNO4. The van der Waals surface area contributed by atoms with Crippen LogP contribution in [0.25, 0.3) is 0 Å². The molecule has 0 rings (SSSR count). The summed E-state index contributed by atoms with van der Waals surface area (Å²) in [4.78, 5) is 8.36. The smallest absolute Gasteiger partial charge is 0.870 e. The normalized spacial score (nSPS) is 4.00. The molecule has 0 aliphatic carbocycles. The summed E-state index contributed by atoms with van der Waals surface area (Å²) in [7, 11) is 0.